The van der Waals surface area contributed by atoms with Gasteiger partial charge >= 0.3 is 0 Å². The quantitative estimate of drug-likeness (QED) is 0.850. The standard InChI is InChI=1S/C22H25NO/c1-2-23-11-12-24-16(15-23)13-22-14-19(17-7-3-5-9-20(17)22)18-8-4-6-10-21(18)22/h3-10,16,19H,2,11-15H2,1H3. The summed E-state index contributed by atoms with van der Waals surface area (Å²) in [5, 5.41) is 0. The summed E-state index contributed by atoms with van der Waals surface area (Å²) in [6, 6.07) is 18.2. The highest BCUT2D eigenvalue weighted by atomic mass is 16.5. The average Bonchev–Trinajstić information content (AvgIpc) is 3.14. The smallest absolute Gasteiger partial charge is 0.0714 e. The van der Waals surface area contributed by atoms with Crippen molar-refractivity contribution in [2.45, 2.75) is 37.2 Å². The van der Waals surface area contributed by atoms with Crippen molar-refractivity contribution >= 4 is 0 Å². The maximum Gasteiger partial charge on any atom is 0.0714 e. The third-order valence-corrected chi connectivity index (χ3v) is 6.50. The largest absolute Gasteiger partial charge is 0.376 e. The van der Waals surface area contributed by atoms with E-state index in [4.69, 9.17) is 4.74 Å². The molecule has 0 amide bonds. The third kappa shape index (κ3) is 1.96. The van der Waals surface area contributed by atoms with Crippen molar-refractivity contribution in [3.8, 4) is 0 Å². The molecule has 1 atom stereocenters. The van der Waals surface area contributed by atoms with Crippen LogP contribution in [0.5, 0.6) is 0 Å². The molecule has 0 radical (unpaired) electrons. The summed E-state index contributed by atoms with van der Waals surface area (Å²) in [6.45, 7) is 6.42. The predicted octanol–water partition coefficient (Wildman–Crippen LogP) is 3.93. The number of fused-ring (bicyclic) bond motifs is 8. The minimum atomic E-state index is 0.166. The van der Waals surface area contributed by atoms with Gasteiger partial charge in [0.05, 0.1) is 12.7 Å². The second-order valence-electron chi connectivity index (χ2n) is 7.60. The zero-order chi connectivity index (χ0) is 16.1. The van der Waals surface area contributed by atoms with E-state index < -0.39 is 0 Å². The number of rotatable bonds is 3. The topological polar surface area (TPSA) is 12.5 Å². The van der Waals surface area contributed by atoms with Crippen molar-refractivity contribution in [2.24, 2.45) is 0 Å². The van der Waals surface area contributed by atoms with E-state index in [1.165, 1.54) is 6.42 Å². The van der Waals surface area contributed by atoms with Gasteiger partial charge in [-0.25, -0.2) is 0 Å². The van der Waals surface area contributed by atoms with Crippen molar-refractivity contribution in [2.75, 3.05) is 26.2 Å². The van der Waals surface area contributed by atoms with Crippen LogP contribution in [0.1, 0.15) is 47.9 Å². The van der Waals surface area contributed by atoms with Crippen LogP contribution in [0.3, 0.4) is 0 Å². The SMILES string of the molecule is CCN1CCOC(CC23CC(c4ccccc42)c2ccccc23)C1. The molecular formula is C22H25NO. The lowest BCUT2D eigenvalue weighted by molar-refractivity contribution is -0.0378. The van der Waals surface area contributed by atoms with Crippen molar-refractivity contribution in [3.05, 3.63) is 70.8 Å². The van der Waals surface area contributed by atoms with Crippen molar-refractivity contribution in [1.82, 2.24) is 4.90 Å². The van der Waals surface area contributed by atoms with E-state index in [9.17, 15) is 0 Å². The second-order valence-corrected chi connectivity index (χ2v) is 7.60. The van der Waals surface area contributed by atoms with E-state index in [-0.39, 0.29) is 5.41 Å². The molecule has 0 N–H and O–H groups in total. The Bertz CT molecular complexity index is 721. The van der Waals surface area contributed by atoms with Gasteiger partial charge in [-0.05, 0) is 41.6 Å². The molecule has 2 nitrogen and oxygen atoms in total. The van der Waals surface area contributed by atoms with Gasteiger partial charge in [-0.3, -0.25) is 4.90 Å². The van der Waals surface area contributed by atoms with E-state index in [0.29, 0.717) is 12.0 Å². The van der Waals surface area contributed by atoms with Crippen LogP contribution in [-0.2, 0) is 10.2 Å². The Kier molecular flexibility index (Phi) is 3.33. The number of hydrogen-bond donors (Lipinski definition) is 0. The van der Waals surface area contributed by atoms with Gasteiger partial charge < -0.3 is 4.74 Å². The molecule has 2 aromatic carbocycles. The number of morpholine rings is 1. The lowest BCUT2D eigenvalue weighted by Gasteiger charge is -2.39. The number of hydrogen-bond acceptors (Lipinski definition) is 2. The summed E-state index contributed by atoms with van der Waals surface area (Å²) in [5.74, 6) is 0.586. The summed E-state index contributed by atoms with van der Waals surface area (Å²) in [7, 11) is 0. The van der Waals surface area contributed by atoms with Crippen molar-refractivity contribution < 1.29 is 4.74 Å². The summed E-state index contributed by atoms with van der Waals surface area (Å²) in [5.41, 5.74) is 6.40. The van der Waals surface area contributed by atoms with E-state index in [1.54, 1.807) is 22.3 Å². The van der Waals surface area contributed by atoms with Crippen LogP contribution in [-0.4, -0.2) is 37.2 Å². The van der Waals surface area contributed by atoms with Gasteiger partial charge in [-0.1, -0.05) is 55.5 Å². The fourth-order valence-electron chi connectivity index (χ4n) is 5.46. The van der Waals surface area contributed by atoms with Crippen LogP contribution in [0.2, 0.25) is 0 Å². The Labute approximate surface area is 144 Å². The number of benzene rings is 2. The molecule has 0 aromatic heterocycles. The normalized spacial score (nSPS) is 31.0. The average molecular weight is 319 g/mol. The van der Waals surface area contributed by atoms with Gasteiger partial charge in [0, 0.05) is 24.4 Å². The van der Waals surface area contributed by atoms with Gasteiger partial charge in [-0.2, -0.15) is 0 Å². The summed E-state index contributed by atoms with van der Waals surface area (Å²) in [4.78, 5) is 2.53. The monoisotopic (exact) mass is 319 g/mol. The molecule has 2 aromatic rings. The number of likely N-dealkylation sites (N-methyl/N-ethyl adjacent to an activating group) is 1. The molecule has 2 heteroatoms. The third-order valence-electron chi connectivity index (χ3n) is 6.50. The molecule has 2 bridgehead atoms. The van der Waals surface area contributed by atoms with Crippen LogP contribution in [0, 0.1) is 0 Å². The molecule has 2 aliphatic carbocycles. The molecule has 1 unspecified atom stereocenters. The fourth-order valence-corrected chi connectivity index (χ4v) is 5.46. The van der Waals surface area contributed by atoms with Gasteiger partial charge in [-0.15, -0.1) is 0 Å². The van der Waals surface area contributed by atoms with Crippen LogP contribution in [0.4, 0.5) is 0 Å². The van der Waals surface area contributed by atoms with E-state index in [1.807, 2.05) is 0 Å². The Hall–Kier alpha value is -1.64. The maximum absolute atomic E-state index is 6.21. The van der Waals surface area contributed by atoms with E-state index in [0.717, 1.165) is 32.7 Å². The minimum absolute atomic E-state index is 0.166. The van der Waals surface area contributed by atoms with Gasteiger partial charge in [0.1, 0.15) is 0 Å². The Balaban J connectivity index is 1.57. The molecule has 1 saturated heterocycles. The first kappa shape index (κ1) is 14.7. The fraction of sp³-hybridized carbons (Fsp3) is 0.455. The zero-order valence-corrected chi connectivity index (χ0v) is 14.4. The lowest BCUT2D eigenvalue weighted by Crippen LogP contribution is -2.45. The molecule has 0 spiro atoms. The maximum atomic E-state index is 6.21. The van der Waals surface area contributed by atoms with Crippen molar-refractivity contribution in [3.63, 3.8) is 0 Å². The zero-order valence-electron chi connectivity index (χ0n) is 14.4. The molecule has 5 rings (SSSR count). The number of nitrogens with zero attached hydrogens (tertiary/aromatic N) is 1. The predicted molar refractivity (Wildman–Crippen MR) is 96.6 cm³/mol. The molecule has 1 fully saturated rings. The lowest BCUT2D eigenvalue weighted by atomic mass is 9.71. The van der Waals surface area contributed by atoms with Crippen LogP contribution in [0.15, 0.2) is 48.5 Å². The van der Waals surface area contributed by atoms with Crippen molar-refractivity contribution in [1.29, 1.82) is 0 Å². The molecular weight excluding hydrogens is 294 g/mol. The molecule has 124 valence electrons. The van der Waals surface area contributed by atoms with Gasteiger partial charge in [0.25, 0.3) is 0 Å². The molecule has 1 aliphatic heterocycles. The minimum Gasteiger partial charge on any atom is -0.376 e. The van der Waals surface area contributed by atoms with Crippen LogP contribution >= 0.6 is 0 Å². The van der Waals surface area contributed by atoms with Gasteiger partial charge in [0.2, 0.25) is 0 Å². The highest BCUT2D eigenvalue weighted by Gasteiger charge is 2.53. The molecule has 3 aliphatic rings. The van der Waals surface area contributed by atoms with Gasteiger partial charge in [0.15, 0.2) is 0 Å². The Morgan fingerprint density at radius 2 is 1.71 bits per heavy atom. The first-order valence-electron chi connectivity index (χ1n) is 9.34. The highest BCUT2D eigenvalue weighted by molar-refractivity contribution is 5.62. The van der Waals surface area contributed by atoms with Crippen LogP contribution in [0.25, 0.3) is 0 Å². The molecule has 24 heavy (non-hydrogen) atoms. The van der Waals surface area contributed by atoms with E-state index >= 15 is 0 Å². The Morgan fingerprint density at radius 3 is 2.38 bits per heavy atom. The molecule has 0 saturated carbocycles. The Morgan fingerprint density at radius 1 is 1.04 bits per heavy atom. The number of ether oxygens (including phenoxy) is 1. The van der Waals surface area contributed by atoms with Crippen LogP contribution < -0.4 is 0 Å². The summed E-state index contributed by atoms with van der Waals surface area (Å²) < 4.78 is 6.21. The first-order valence-corrected chi connectivity index (χ1v) is 9.34. The summed E-state index contributed by atoms with van der Waals surface area (Å²) >= 11 is 0. The molecule has 1 heterocycles. The second kappa shape index (κ2) is 5.44. The highest BCUT2D eigenvalue weighted by Crippen LogP contribution is 2.62. The van der Waals surface area contributed by atoms with E-state index in [2.05, 4.69) is 60.4 Å². The first-order chi connectivity index (χ1) is 11.8. The summed E-state index contributed by atoms with van der Waals surface area (Å²) in [6.07, 6.45) is 2.70.